The Morgan fingerprint density at radius 2 is 2.00 bits per heavy atom. The van der Waals surface area contributed by atoms with Gasteiger partial charge in [0, 0.05) is 37.3 Å². The van der Waals surface area contributed by atoms with Gasteiger partial charge in [0.15, 0.2) is 0 Å². The van der Waals surface area contributed by atoms with Crippen molar-refractivity contribution in [2.45, 2.75) is 44.6 Å². The molecule has 1 aromatic heterocycles. The molecule has 6 nitrogen and oxygen atoms in total. The van der Waals surface area contributed by atoms with Gasteiger partial charge in [0.25, 0.3) is 0 Å². The smallest absolute Gasteiger partial charge is 0.328 e. The number of pyridine rings is 1. The Bertz CT molecular complexity index is 636. The van der Waals surface area contributed by atoms with Crippen LogP contribution in [-0.2, 0) is 9.59 Å². The fourth-order valence-electron chi connectivity index (χ4n) is 3.65. The van der Waals surface area contributed by atoms with Crippen LogP contribution in [0.5, 0.6) is 0 Å². The zero-order valence-corrected chi connectivity index (χ0v) is 14.4. The van der Waals surface area contributed by atoms with Crippen LogP contribution < -0.4 is 5.32 Å². The lowest BCUT2D eigenvalue weighted by Gasteiger charge is -2.26. The Balaban J connectivity index is 1.51. The molecule has 134 valence electrons. The maximum Gasteiger partial charge on any atom is 0.328 e. The van der Waals surface area contributed by atoms with Gasteiger partial charge in [-0.25, -0.2) is 9.78 Å². The zero-order chi connectivity index (χ0) is 17.6. The lowest BCUT2D eigenvalue weighted by Crippen LogP contribution is -2.36. The maximum atomic E-state index is 12.6. The van der Waals surface area contributed by atoms with E-state index >= 15 is 0 Å². The first kappa shape index (κ1) is 17.5. The van der Waals surface area contributed by atoms with Crippen LogP contribution in [0, 0.1) is 5.92 Å². The Morgan fingerprint density at radius 1 is 1.20 bits per heavy atom. The third kappa shape index (κ3) is 4.81. The number of carboxylic acids is 1. The van der Waals surface area contributed by atoms with Gasteiger partial charge in [-0.05, 0) is 43.0 Å². The van der Waals surface area contributed by atoms with Gasteiger partial charge < -0.3 is 15.3 Å². The van der Waals surface area contributed by atoms with Crippen molar-refractivity contribution in [3.63, 3.8) is 0 Å². The topological polar surface area (TPSA) is 82.5 Å². The van der Waals surface area contributed by atoms with Crippen LogP contribution in [0.25, 0.3) is 6.08 Å². The molecule has 0 radical (unpaired) electrons. The van der Waals surface area contributed by atoms with Crippen LogP contribution in [0.1, 0.15) is 44.1 Å². The first-order valence-electron chi connectivity index (χ1n) is 9.04. The molecule has 2 heterocycles. The average Bonchev–Trinajstić information content (AvgIpc) is 3.09. The Hall–Kier alpha value is -2.37. The molecular formula is C19H25N3O3. The molecule has 1 atom stereocenters. The molecular weight excluding hydrogens is 318 g/mol. The maximum absolute atomic E-state index is 12.6. The lowest BCUT2D eigenvalue weighted by atomic mass is 9.88. The second-order valence-corrected chi connectivity index (χ2v) is 6.90. The Labute approximate surface area is 147 Å². The van der Waals surface area contributed by atoms with E-state index in [1.165, 1.54) is 25.3 Å². The van der Waals surface area contributed by atoms with Crippen molar-refractivity contribution in [1.82, 2.24) is 9.88 Å². The number of carboxylic acid groups (broad SMARTS) is 1. The lowest BCUT2D eigenvalue weighted by molar-refractivity contribution is -0.135. The van der Waals surface area contributed by atoms with Crippen molar-refractivity contribution >= 4 is 23.8 Å². The van der Waals surface area contributed by atoms with Gasteiger partial charge >= 0.3 is 5.97 Å². The minimum Gasteiger partial charge on any atom is -0.478 e. The number of hydrogen-bond acceptors (Lipinski definition) is 4. The van der Waals surface area contributed by atoms with E-state index in [1.54, 1.807) is 6.20 Å². The van der Waals surface area contributed by atoms with Crippen LogP contribution in [0.15, 0.2) is 24.4 Å². The van der Waals surface area contributed by atoms with Crippen LogP contribution >= 0.6 is 0 Å². The normalized spacial score (nSPS) is 21.6. The number of carbonyl (C=O) groups is 2. The van der Waals surface area contributed by atoms with Gasteiger partial charge in [-0.15, -0.1) is 0 Å². The van der Waals surface area contributed by atoms with Crippen LogP contribution in [0.2, 0.25) is 0 Å². The molecule has 0 unspecified atom stereocenters. The summed E-state index contributed by atoms with van der Waals surface area (Å²) in [5.41, 5.74) is 0.744. The number of hydrogen-bond donors (Lipinski definition) is 2. The number of aromatic nitrogens is 1. The molecule has 1 saturated heterocycles. The summed E-state index contributed by atoms with van der Waals surface area (Å²) in [5.74, 6) is 0.331. The summed E-state index contributed by atoms with van der Waals surface area (Å²) in [6.45, 7) is 1.55. The molecule has 6 heteroatoms. The third-order valence-electron chi connectivity index (χ3n) is 5.01. The summed E-state index contributed by atoms with van der Waals surface area (Å²) in [6.07, 6.45) is 10.9. The second-order valence-electron chi connectivity index (χ2n) is 6.90. The quantitative estimate of drug-likeness (QED) is 0.803. The summed E-state index contributed by atoms with van der Waals surface area (Å²) >= 11 is 0. The minimum atomic E-state index is -0.976. The van der Waals surface area contributed by atoms with E-state index in [-0.39, 0.29) is 12.0 Å². The number of nitrogens with zero attached hydrogens (tertiary/aromatic N) is 2. The van der Waals surface area contributed by atoms with Gasteiger partial charge in [-0.1, -0.05) is 19.3 Å². The SMILES string of the molecule is O=C(O)/C=C/c1ccc(N[C@@H]2CCN(C(=O)C3CCCCC3)C2)nc1. The van der Waals surface area contributed by atoms with Gasteiger partial charge in [0.1, 0.15) is 5.82 Å². The van der Waals surface area contributed by atoms with Crippen LogP contribution in [0.3, 0.4) is 0 Å². The molecule has 3 rings (SSSR count). The number of rotatable bonds is 5. The molecule has 2 N–H and O–H groups in total. The molecule has 1 aromatic rings. The Kier molecular flexibility index (Phi) is 5.68. The molecule has 0 spiro atoms. The summed E-state index contributed by atoms with van der Waals surface area (Å²) in [4.78, 5) is 29.4. The van der Waals surface area contributed by atoms with E-state index < -0.39 is 5.97 Å². The fraction of sp³-hybridized carbons (Fsp3) is 0.526. The molecule has 2 aliphatic rings. The van der Waals surface area contributed by atoms with Crippen molar-refractivity contribution in [2.24, 2.45) is 5.92 Å². The van der Waals surface area contributed by atoms with E-state index in [0.717, 1.165) is 49.8 Å². The first-order chi connectivity index (χ1) is 12.1. The summed E-state index contributed by atoms with van der Waals surface area (Å²) in [7, 11) is 0. The molecule has 1 saturated carbocycles. The van der Waals surface area contributed by atoms with Crippen molar-refractivity contribution in [3.05, 3.63) is 30.0 Å². The van der Waals surface area contributed by atoms with Crippen LogP contribution in [0.4, 0.5) is 5.82 Å². The number of anilines is 1. The fourth-order valence-corrected chi connectivity index (χ4v) is 3.65. The number of carbonyl (C=O) groups excluding carboxylic acids is 1. The molecule has 1 aliphatic heterocycles. The van der Waals surface area contributed by atoms with Gasteiger partial charge in [-0.3, -0.25) is 4.79 Å². The summed E-state index contributed by atoms with van der Waals surface area (Å²) < 4.78 is 0. The first-order valence-corrected chi connectivity index (χ1v) is 9.04. The highest BCUT2D eigenvalue weighted by molar-refractivity contribution is 5.85. The van der Waals surface area contributed by atoms with Gasteiger partial charge in [-0.2, -0.15) is 0 Å². The van der Waals surface area contributed by atoms with E-state index in [2.05, 4.69) is 10.3 Å². The molecule has 25 heavy (non-hydrogen) atoms. The number of aliphatic carboxylic acids is 1. The summed E-state index contributed by atoms with van der Waals surface area (Å²) in [6, 6.07) is 3.89. The van der Waals surface area contributed by atoms with Gasteiger partial charge in [0.2, 0.25) is 5.91 Å². The van der Waals surface area contributed by atoms with E-state index in [4.69, 9.17) is 5.11 Å². The van der Waals surface area contributed by atoms with E-state index in [0.29, 0.717) is 5.91 Å². The second kappa shape index (κ2) is 8.14. The number of likely N-dealkylation sites (tertiary alicyclic amines) is 1. The zero-order valence-electron chi connectivity index (χ0n) is 14.4. The van der Waals surface area contributed by atoms with Crippen LogP contribution in [-0.4, -0.2) is 46.0 Å². The standard InChI is InChI=1S/C19H25N3O3/c23-18(24)9-7-14-6-8-17(20-12-14)21-16-10-11-22(13-16)19(25)15-4-2-1-3-5-15/h6-9,12,15-16H,1-5,10-11,13H2,(H,20,21)(H,23,24)/b9-7+/t16-/m1/s1. The monoisotopic (exact) mass is 343 g/mol. The highest BCUT2D eigenvalue weighted by atomic mass is 16.4. The number of nitrogens with one attached hydrogen (secondary N) is 1. The largest absolute Gasteiger partial charge is 0.478 e. The highest BCUT2D eigenvalue weighted by Gasteiger charge is 2.31. The minimum absolute atomic E-state index is 0.223. The van der Waals surface area contributed by atoms with Crippen molar-refractivity contribution in [1.29, 1.82) is 0 Å². The molecule has 1 amide bonds. The molecule has 0 aromatic carbocycles. The van der Waals surface area contributed by atoms with Crippen molar-refractivity contribution < 1.29 is 14.7 Å². The Morgan fingerprint density at radius 3 is 2.68 bits per heavy atom. The van der Waals surface area contributed by atoms with E-state index in [9.17, 15) is 9.59 Å². The highest BCUT2D eigenvalue weighted by Crippen LogP contribution is 2.27. The average molecular weight is 343 g/mol. The predicted molar refractivity (Wildman–Crippen MR) is 96.1 cm³/mol. The molecule has 2 fully saturated rings. The number of amides is 1. The van der Waals surface area contributed by atoms with E-state index in [1.807, 2.05) is 17.0 Å². The third-order valence-corrected chi connectivity index (χ3v) is 5.01. The van der Waals surface area contributed by atoms with Crippen molar-refractivity contribution in [3.8, 4) is 0 Å². The molecule has 1 aliphatic carbocycles. The van der Waals surface area contributed by atoms with Gasteiger partial charge in [0.05, 0.1) is 0 Å². The predicted octanol–water partition coefficient (Wildman–Crippen LogP) is 2.77. The molecule has 0 bridgehead atoms. The van der Waals surface area contributed by atoms with Crippen molar-refractivity contribution in [2.75, 3.05) is 18.4 Å². The summed E-state index contributed by atoms with van der Waals surface area (Å²) in [5, 5.41) is 12.0.